The fourth-order valence-electron chi connectivity index (χ4n) is 2.37. The zero-order chi connectivity index (χ0) is 11.8. The van der Waals surface area contributed by atoms with Crippen molar-refractivity contribution in [2.45, 2.75) is 12.8 Å². The highest BCUT2D eigenvalue weighted by Gasteiger charge is 2.30. The van der Waals surface area contributed by atoms with Crippen molar-refractivity contribution in [2.75, 3.05) is 13.7 Å². The maximum atomic E-state index is 11.4. The molecule has 0 amide bonds. The quantitative estimate of drug-likeness (QED) is 0.646. The summed E-state index contributed by atoms with van der Waals surface area (Å²) in [5.74, 6) is 1.06. The first kappa shape index (κ1) is 10.3. The monoisotopic (exact) mass is 231 g/mol. The summed E-state index contributed by atoms with van der Waals surface area (Å²) in [5, 5.41) is 0. The molecule has 3 aliphatic rings. The van der Waals surface area contributed by atoms with Gasteiger partial charge in [0, 0.05) is 24.3 Å². The number of carbonyl (C=O) groups excluding carboxylic acids is 1. The van der Waals surface area contributed by atoms with E-state index in [4.69, 9.17) is 4.74 Å². The lowest BCUT2D eigenvalue weighted by molar-refractivity contribution is -0.139. The number of fused-ring (bicyclic) bond motifs is 2. The Kier molecular flexibility index (Phi) is 2.35. The number of ether oxygens (including phenoxy) is 2. The minimum absolute atomic E-state index is 0.236. The summed E-state index contributed by atoms with van der Waals surface area (Å²) in [6.07, 6.45) is 7.63. The van der Waals surface area contributed by atoms with E-state index in [1.54, 1.807) is 6.08 Å². The minimum Gasteiger partial charge on any atom is -0.463 e. The molecule has 0 spiro atoms. The van der Waals surface area contributed by atoms with Crippen LogP contribution in [0.5, 0.6) is 0 Å². The summed E-state index contributed by atoms with van der Waals surface area (Å²) in [7, 11) is 1.35. The summed E-state index contributed by atoms with van der Waals surface area (Å²) < 4.78 is 10.2. The molecule has 0 radical (unpaired) electrons. The van der Waals surface area contributed by atoms with Gasteiger partial charge in [0.15, 0.2) is 0 Å². The number of nitrogens with zero attached hydrogens (tertiary/aromatic N) is 1. The molecular weight excluding hydrogens is 218 g/mol. The Morgan fingerprint density at radius 3 is 3.24 bits per heavy atom. The van der Waals surface area contributed by atoms with E-state index in [1.807, 2.05) is 12.2 Å². The number of carbonyl (C=O) groups is 1. The Bertz CT molecular complexity index is 497. The van der Waals surface area contributed by atoms with Crippen LogP contribution in [0, 0.1) is 5.92 Å². The number of methoxy groups -OCH3 is 1. The number of aliphatic imine (C=N–C) groups is 1. The van der Waals surface area contributed by atoms with Crippen LogP contribution in [0.15, 0.2) is 40.3 Å². The lowest BCUT2D eigenvalue weighted by Crippen LogP contribution is -2.20. The van der Waals surface area contributed by atoms with Crippen LogP contribution in [0.1, 0.15) is 12.8 Å². The van der Waals surface area contributed by atoms with Crippen LogP contribution in [0.4, 0.5) is 0 Å². The van der Waals surface area contributed by atoms with Gasteiger partial charge in [-0.1, -0.05) is 6.08 Å². The maximum Gasteiger partial charge on any atom is 0.373 e. The molecule has 2 aliphatic heterocycles. The minimum atomic E-state index is -0.448. The number of hydrogen-bond acceptors (Lipinski definition) is 4. The van der Waals surface area contributed by atoms with Crippen molar-refractivity contribution >= 4 is 11.7 Å². The van der Waals surface area contributed by atoms with Crippen molar-refractivity contribution in [1.82, 2.24) is 0 Å². The van der Waals surface area contributed by atoms with Gasteiger partial charge in [0.1, 0.15) is 5.76 Å². The molecular formula is C13H13NO3. The van der Waals surface area contributed by atoms with Gasteiger partial charge in [-0.3, -0.25) is 4.99 Å². The highest BCUT2D eigenvalue weighted by Crippen LogP contribution is 2.35. The Morgan fingerprint density at radius 1 is 1.53 bits per heavy atom. The Balaban J connectivity index is 1.91. The third-order valence-electron chi connectivity index (χ3n) is 3.29. The van der Waals surface area contributed by atoms with Gasteiger partial charge in [-0.2, -0.15) is 0 Å². The maximum absolute atomic E-state index is 11.4. The highest BCUT2D eigenvalue weighted by molar-refractivity contribution is 6.00. The molecule has 17 heavy (non-hydrogen) atoms. The Hall–Kier alpha value is -1.84. The normalized spacial score (nSPS) is 25.6. The fraction of sp³-hybridized carbons (Fsp3) is 0.385. The number of hydrogen-bond donors (Lipinski definition) is 0. The third-order valence-corrected chi connectivity index (χ3v) is 3.29. The molecule has 1 atom stereocenters. The number of rotatable bonds is 1. The van der Waals surface area contributed by atoms with Crippen LogP contribution in [-0.4, -0.2) is 25.3 Å². The predicted octanol–water partition coefficient (Wildman–Crippen LogP) is 1.75. The van der Waals surface area contributed by atoms with Crippen LogP contribution in [-0.2, 0) is 14.3 Å². The van der Waals surface area contributed by atoms with Crippen LogP contribution >= 0.6 is 0 Å². The number of allylic oxidation sites excluding steroid dienone is 4. The average Bonchev–Trinajstić information content (AvgIpc) is 2.81. The largest absolute Gasteiger partial charge is 0.463 e. The molecule has 4 nitrogen and oxygen atoms in total. The van der Waals surface area contributed by atoms with Crippen molar-refractivity contribution in [3.05, 3.63) is 35.3 Å². The topological polar surface area (TPSA) is 47.9 Å². The van der Waals surface area contributed by atoms with E-state index in [1.165, 1.54) is 7.11 Å². The van der Waals surface area contributed by atoms with E-state index in [-0.39, 0.29) is 5.76 Å². The molecule has 0 saturated carbocycles. The second-order valence-corrected chi connectivity index (χ2v) is 4.32. The first-order chi connectivity index (χ1) is 8.28. The summed E-state index contributed by atoms with van der Waals surface area (Å²) >= 11 is 0. The molecule has 0 aromatic heterocycles. The highest BCUT2D eigenvalue weighted by atomic mass is 16.6. The van der Waals surface area contributed by atoms with Crippen LogP contribution in [0.25, 0.3) is 0 Å². The molecule has 3 rings (SSSR count). The lowest BCUT2D eigenvalue weighted by Gasteiger charge is -2.25. The van der Waals surface area contributed by atoms with Gasteiger partial charge in [-0.05, 0) is 24.5 Å². The third kappa shape index (κ3) is 1.69. The van der Waals surface area contributed by atoms with Crippen molar-refractivity contribution < 1.29 is 14.3 Å². The molecule has 0 bridgehead atoms. The second-order valence-electron chi connectivity index (χ2n) is 4.32. The van der Waals surface area contributed by atoms with Crippen LogP contribution < -0.4 is 0 Å². The SMILES string of the molecule is COC(=O)C1=CC=C2CC3CCN=C3C=C2O1. The molecule has 0 aromatic carbocycles. The summed E-state index contributed by atoms with van der Waals surface area (Å²) in [6, 6.07) is 0. The van der Waals surface area contributed by atoms with Crippen molar-refractivity contribution in [2.24, 2.45) is 10.9 Å². The van der Waals surface area contributed by atoms with Gasteiger partial charge >= 0.3 is 5.97 Å². The first-order valence-electron chi connectivity index (χ1n) is 5.71. The van der Waals surface area contributed by atoms with E-state index < -0.39 is 5.97 Å². The molecule has 0 saturated heterocycles. The summed E-state index contributed by atoms with van der Waals surface area (Å²) in [6.45, 7) is 0.897. The molecule has 0 aromatic rings. The van der Waals surface area contributed by atoms with Gasteiger partial charge in [0.05, 0.1) is 7.11 Å². The smallest absolute Gasteiger partial charge is 0.373 e. The van der Waals surface area contributed by atoms with Gasteiger partial charge in [0.2, 0.25) is 5.76 Å². The van der Waals surface area contributed by atoms with Crippen molar-refractivity contribution in [3.8, 4) is 0 Å². The van der Waals surface area contributed by atoms with E-state index in [9.17, 15) is 4.79 Å². The zero-order valence-corrected chi connectivity index (χ0v) is 9.60. The fourth-order valence-corrected chi connectivity index (χ4v) is 2.37. The zero-order valence-electron chi connectivity index (χ0n) is 9.60. The standard InChI is InChI=1S/C13H13NO3/c1-16-13(15)11-3-2-9-6-8-4-5-14-10(8)7-12(9)17-11/h2-3,7-8H,4-6H2,1H3. The van der Waals surface area contributed by atoms with Gasteiger partial charge in [-0.15, -0.1) is 0 Å². The molecule has 0 fully saturated rings. The first-order valence-corrected chi connectivity index (χ1v) is 5.71. The van der Waals surface area contributed by atoms with E-state index in [0.717, 1.165) is 36.4 Å². The van der Waals surface area contributed by atoms with Gasteiger partial charge < -0.3 is 9.47 Å². The van der Waals surface area contributed by atoms with E-state index in [2.05, 4.69) is 9.73 Å². The molecule has 1 aliphatic carbocycles. The second kappa shape index (κ2) is 3.87. The van der Waals surface area contributed by atoms with Gasteiger partial charge in [-0.25, -0.2) is 4.79 Å². The molecule has 1 unspecified atom stereocenters. The van der Waals surface area contributed by atoms with Crippen LogP contribution in [0.3, 0.4) is 0 Å². The lowest BCUT2D eigenvalue weighted by atomic mass is 9.86. The van der Waals surface area contributed by atoms with E-state index in [0.29, 0.717) is 5.92 Å². The van der Waals surface area contributed by atoms with Crippen molar-refractivity contribution in [1.29, 1.82) is 0 Å². The van der Waals surface area contributed by atoms with E-state index >= 15 is 0 Å². The number of esters is 1. The van der Waals surface area contributed by atoms with Crippen molar-refractivity contribution in [3.63, 3.8) is 0 Å². The Morgan fingerprint density at radius 2 is 2.41 bits per heavy atom. The molecule has 4 heteroatoms. The Labute approximate surface area is 99.3 Å². The van der Waals surface area contributed by atoms with Crippen LogP contribution in [0.2, 0.25) is 0 Å². The average molecular weight is 231 g/mol. The molecule has 0 N–H and O–H groups in total. The summed E-state index contributed by atoms with van der Waals surface area (Å²) in [5.41, 5.74) is 2.24. The predicted molar refractivity (Wildman–Crippen MR) is 62.4 cm³/mol. The van der Waals surface area contributed by atoms with Gasteiger partial charge in [0.25, 0.3) is 0 Å². The molecule has 88 valence electrons. The molecule has 2 heterocycles. The summed E-state index contributed by atoms with van der Waals surface area (Å²) in [4.78, 5) is 15.8.